The molecular formula is C18H18ClFN2O2. The number of hydrogen-bond donors (Lipinski definition) is 1. The lowest BCUT2D eigenvalue weighted by Gasteiger charge is -2.21. The molecule has 0 radical (unpaired) electrons. The smallest absolute Gasteiger partial charge is 0.244 e. The Labute approximate surface area is 145 Å². The van der Waals surface area contributed by atoms with Crippen molar-refractivity contribution in [1.82, 2.24) is 4.90 Å². The third-order valence-corrected chi connectivity index (χ3v) is 4.02. The Morgan fingerprint density at radius 2 is 1.83 bits per heavy atom. The zero-order valence-corrected chi connectivity index (χ0v) is 14.2. The van der Waals surface area contributed by atoms with E-state index in [1.165, 1.54) is 24.0 Å². The molecular weight excluding hydrogens is 331 g/mol. The summed E-state index contributed by atoms with van der Waals surface area (Å²) in [5, 5.41) is 3.31. The first-order chi connectivity index (χ1) is 11.4. The summed E-state index contributed by atoms with van der Waals surface area (Å²) in [7, 11) is 0. The molecule has 0 saturated heterocycles. The van der Waals surface area contributed by atoms with Gasteiger partial charge in [-0.15, -0.1) is 0 Å². The van der Waals surface area contributed by atoms with Gasteiger partial charge in [0.25, 0.3) is 0 Å². The lowest BCUT2D eigenvalue weighted by molar-refractivity contribution is -0.133. The third-order valence-electron chi connectivity index (χ3n) is 3.61. The SMILES string of the molecule is CC(=O)N(CC(=O)Nc1cccc(Cl)c1C)Cc1ccc(F)cc1. The molecule has 24 heavy (non-hydrogen) atoms. The monoisotopic (exact) mass is 348 g/mol. The second kappa shape index (κ2) is 7.93. The molecule has 2 rings (SSSR count). The molecule has 0 saturated carbocycles. The molecule has 1 N–H and O–H groups in total. The normalized spacial score (nSPS) is 10.3. The van der Waals surface area contributed by atoms with Crippen LogP contribution in [0.2, 0.25) is 5.02 Å². The summed E-state index contributed by atoms with van der Waals surface area (Å²) in [6.45, 7) is 3.33. The molecule has 0 atom stereocenters. The van der Waals surface area contributed by atoms with E-state index in [9.17, 15) is 14.0 Å². The molecule has 0 fully saturated rings. The maximum Gasteiger partial charge on any atom is 0.244 e. The highest BCUT2D eigenvalue weighted by molar-refractivity contribution is 6.31. The average Bonchev–Trinajstić information content (AvgIpc) is 2.53. The van der Waals surface area contributed by atoms with Gasteiger partial charge in [-0.05, 0) is 42.3 Å². The van der Waals surface area contributed by atoms with Crippen molar-refractivity contribution in [1.29, 1.82) is 0 Å². The van der Waals surface area contributed by atoms with Crippen LogP contribution in [-0.2, 0) is 16.1 Å². The first-order valence-corrected chi connectivity index (χ1v) is 7.79. The van der Waals surface area contributed by atoms with Gasteiger partial charge in [-0.25, -0.2) is 4.39 Å². The van der Waals surface area contributed by atoms with Gasteiger partial charge in [0.1, 0.15) is 12.4 Å². The molecule has 2 amide bonds. The Balaban J connectivity index is 2.04. The fourth-order valence-electron chi connectivity index (χ4n) is 2.19. The third kappa shape index (κ3) is 4.80. The van der Waals surface area contributed by atoms with Crippen molar-refractivity contribution in [3.63, 3.8) is 0 Å². The van der Waals surface area contributed by atoms with Crippen LogP contribution in [0.15, 0.2) is 42.5 Å². The molecule has 2 aromatic rings. The van der Waals surface area contributed by atoms with Crippen molar-refractivity contribution >= 4 is 29.1 Å². The van der Waals surface area contributed by atoms with Crippen molar-refractivity contribution in [3.8, 4) is 0 Å². The second-order valence-electron chi connectivity index (χ2n) is 5.46. The number of nitrogens with one attached hydrogen (secondary N) is 1. The van der Waals surface area contributed by atoms with Crippen LogP contribution in [0, 0.1) is 12.7 Å². The molecule has 0 aliphatic heterocycles. The van der Waals surface area contributed by atoms with Crippen LogP contribution >= 0.6 is 11.6 Å². The average molecular weight is 349 g/mol. The maximum absolute atomic E-state index is 13.0. The van der Waals surface area contributed by atoms with Crippen LogP contribution in [0.25, 0.3) is 0 Å². The zero-order valence-electron chi connectivity index (χ0n) is 13.5. The summed E-state index contributed by atoms with van der Waals surface area (Å²) in [6.07, 6.45) is 0. The van der Waals surface area contributed by atoms with Crippen LogP contribution < -0.4 is 5.32 Å². The van der Waals surface area contributed by atoms with Gasteiger partial charge in [-0.3, -0.25) is 9.59 Å². The molecule has 2 aromatic carbocycles. The summed E-state index contributed by atoms with van der Waals surface area (Å²) in [6, 6.07) is 11.0. The van der Waals surface area contributed by atoms with Crippen LogP contribution in [0.4, 0.5) is 10.1 Å². The Kier molecular flexibility index (Phi) is 5.93. The molecule has 126 valence electrons. The van der Waals surface area contributed by atoms with E-state index in [2.05, 4.69) is 5.32 Å². The number of carbonyl (C=O) groups excluding carboxylic acids is 2. The number of benzene rings is 2. The number of anilines is 1. The van der Waals surface area contributed by atoms with Gasteiger partial charge in [0.2, 0.25) is 11.8 Å². The van der Waals surface area contributed by atoms with Gasteiger partial charge in [0.15, 0.2) is 0 Å². The molecule has 0 aliphatic rings. The second-order valence-corrected chi connectivity index (χ2v) is 5.87. The molecule has 0 unspecified atom stereocenters. The highest BCUT2D eigenvalue weighted by Gasteiger charge is 2.15. The summed E-state index contributed by atoms with van der Waals surface area (Å²) in [5.41, 5.74) is 2.12. The van der Waals surface area contributed by atoms with Crippen LogP contribution in [0.5, 0.6) is 0 Å². The quantitative estimate of drug-likeness (QED) is 0.894. The number of amides is 2. The Morgan fingerprint density at radius 3 is 2.46 bits per heavy atom. The molecule has 0 bridgehead atoms. The molecule has 0 aliphatic carbocycles. The van der Waals surface area contributed by atoms with E-state index in [0.29, 0.717) is 10.7 Å². The minimum absolute atomic E-state index is 0.0985. The van der Waals surface area contributed by atoms with Crippen molar-refractivity contribution in [2.75, 3.05) is 11.9 Å². The Bertz CT molecular complexity index is 747. The van der Waals surface area contributed by atoms with E-state index >= 15 is 0 Å². The number of rotatable bonds is 5. The summed E-state index contributed by atoms with van der Waals surface area (Å²) in [4.78, 5) is 25.4. The number of carbonyl (C=O) groups is 2. The lowest BCUT2D eigenvalue weighted by Crippen LogP contribution is -2.36. The van der Waals surface area contributed by atoms with Gasteiger partial charge in [-0.1, -0.05) is 29.8 Å². The van der Waals surface area contributed by atoms with Gasteiger partial charge < -0.3 is 10.2 Å². The van der Waals surface area contributed by atoms with Crippen LogP contribution in [0.1, 0.15) is 18.1 Å². The van der Waals surface area contributed by atoms with Crippen molar-refractivity contribution in [2.24, 2.45) is 0 Å². The predicted octanol–water partition coefficient (Wildman–Crippen LogP) is 3.77. The Hall–Kier alpha value is -2.40. The largest absolute Gasteiger partial charge is 0.329 e. The van der Waals surface area contributed by atoms with E-state index in [1.807, 2.05) is 0 Å². The van der Waals surface area contributed by atoms with Crippen LogP contribution in [0.3, 0.4) is 0 Å². The minimum atomic E-state index is -0.345. The highest BCUT2D eigenvalue weighted by atomic mass is 35.5. The fourth-order valence-corrected chi connectivity index (χ4v) is 2.37. The Morgan fingerprint density at radius 1 is 1.17 bits per heavy atom. The van der Waals surface area contributed by atoms with E-state index < -0.39 is 0 Å². The number of hydrogen-bond acceptors (Lipinski definition) is 2. The van der Waals surface area contributed by atoms with Gasteiger partial charge in [0, 0.05) is 24.2 Å². The number of nitrogens with zero attached hydrogens (tertiary/aromatic N) is 1. The highest BCUT2D eigenvalue weighted by Crippen LogP contribution is 2.22. The lowest BCUT2D eigenvalue weighted by atomic mass is 10.2. The van der Waals surface area contributed by atoms with Crippen molar-refractivity contribution in [2.45, 2.75) is 20.4 Å². The first kappa shape index (κ1) is 17.9. The summed E-state index contributed by atoms with van der Waals surface area (Å²) < 4.78 is 13.0. The molecule has 0 heterocycles. The van der Waals surface area contributed by atoms with Gasteiger partial charge >= 0.3 is 0 Å². The minimum Gasteiger partial charge on any atom is -0.329 e. The zero-order chi connectivity index (χ0) is 17.7. The van der Waals surface area contributed by atoms with Crippen molar-refractivity contribution in [3.05, 3.63) is 64.4 Å². The maximum atomic E-state index is 13.0. The van der Waals surface area contributed by atoms with E-state index in [-0.39, 0.29) is 30.7 Å². The molecule has 6 heteroatoms. The van der Waals surface area contributed by atoms with Crippen molar-refractivity contribution < 1.29 is 14.0 Å². The standard InChI is InChI=1S/C18H18ClFN2O2/c1-12-16(19)4-3-5-17(12)21-18(24)11-22(13(2)23)10-14-6-8-15(20)9-7-14/h3-9H,10-11H2,1-2H3,(H,21,24). The van der Waals surface area contributed by atoms with Gasteiger partial charge in [-0.2, -0.15) is 0 Å². The topological polar surface area (TPSA) is 49.4 Å². The van der Waals surface area contributed by atoms with Crippen LogP contribution in [-0.4, -0.2) is 23.3 Å². The molecule has 0 aromatic heterocycles. The number of halogens is 2. The van der Waals surface area contributed by atoms with E-state index in [1.54, 1.807) is 37.3 Å². The first-order valence-electron chi connectivity index (χ1n) is 7.41. The summed E-state index contributed by atoms with van der Waals surface area (Å²) >= 11 is 6.03. The summed E-state index contributed by atoms with van der Waals surface area (Å²) in [5.74, 6) is -0.905. The predicted molar refractivity (Wildman–Crippen MR) is 92.3 cm³/mol. The van der Waals surface area contributed by atoms with Gasteiger partial charge in [0.05, 0.1) is 0 Å². The van der Waals surface area contributed by atoms with E-state index in [0.717, 1.165) is 11.1 Å². The van der Waals surface area contributed by atoms with E-state index in [4.69, 9.17) is 11.6 Å². The molecule has 4 nitrogen and oxygen atoms in total. The molecule has 0 spiro atoms. The fraction of sp³-hybridized carbons (Fsp3) is 0.222.